The molecule has 1 aromatic rings. The van der Waals surface area contributed by atoms with Gasteiger partial charge in [-0.3, -0.25) is 0 Å². The van der Waals surface area contributed by atoms with Crippen molar-refractivity contribution in [3.8, 4) is 5.75 Å². The van der Waals surface area contributed by atoms with Crippen molar-refractivity contribution >= 4 is 22.6 Å². The molecule has 0 saturated heterocycles. The van der Waals surface area contributed by atoms with E-state index in [1.807, 2.05) is 0 Å². The SMILES string of the molecule is FCOc1ccnc(I)c1F. The number of rotatable bonds is 2. The Labute approximate surface area is 75.7 Å². The third-order valence-electron chi connectivity index (χ3n) is 1.02. The second-order valence-electron chi connectivity index (χ2n) is 1.67. The summed E-state index contributed by atoms with van der Waals surface area (Å²) in [5.41, 5.74) is 0. The Balaban J connectivity index is 2.96. The fraction of sp³-hybridized carbons (Fsp3) is 0.167. The molecular formula is C6H4F2INO. The lowest BCUT2D eigenvalue weighted by atomic mass is 10.4. The van der Waals surface area contributed by atoms with Gasteiger partial charge in [0.25, 0.3) is 0 Å². The van der Waals surface area contributed by atoms with Gasteiger partial charge in [-0.1, -0.05) is 0 Å². The summed E-state index contributed by atoms with van der Waals surface area (Å²) < 4.78 is 28.9. The first-order valence-corrected chi connectivity index (χ1v) is 3.82. The van der Waals surface area contributed by atoms with Crippen LogP contribution in [0.3, 0.4) is 0 Å². The maximum absolute atomic E-state index is 12.8. The van der Waals surface area contributed by atoms with Gasteiger partial charge in [0.05, 0.1) is 0 Å². The summed E-state index contributed by atoms with van der Waals surface area (Å²) >= 11 is 1.70. The van der Waals surface area contributed by atoms with E-state index in [1.54, 1.807) is 22.6 Å². The van der Waals surface area contributed by atoms with Crippen LogP contribution < -0.4 is 4.74 Å². The van der Waals surface area contributed by atoms with Crippen molar-refractivity contribution in [3.63, 3.8) is 0 Å². The van der Waals surface area contributed by atoms with Crippen molar-refractivity contribution in [3.05, 3.63) is 21.8 Å². The molecule has 0 bridgehead atoms. The molecule has 2 nitrogen and oxygen atoms in total. The zero-order valence-corrected chi connectivity index (χ0v) is 7.51. The van der Waals surface area contributed by atoms with Crippen molar-refractivity contribution < 1.29 is 13.5 Å². The van der Waals surface area contributed by atoms with Gasteiger partial charge in [-0.05, 0) is 22.6 Å². The molecule has 1 rings (SSSR count). The number of alkyl halides is 1. The van der Waals surface area contributed by atoms with Gasteiger partial charge in [0, 0.05) is 12.3 Å². The van der Waals surface area contributed by atoms with E-state index < -0.39 is 12.7 Å². The Morgan fingerprint density at radius 2 is 2.36 bits per heavy atom. The fourth-order valence-electron chi connectivity index (χ4n) is 0.572. The lowest BCUT2D eigenvalue weighted by Crippen LogP contribution is -1.96. The van der Waals surface area contributed by atoms with Gasteiger partial charge in [-0.25, -0.2) is 9.37 Å². The maximum atomic E-state index is 12.8. The second kappa shape index (κ2) is 3.80. The molecule has 0 aliphatic rings. The van der Waals surface area contributed by atoms with Crippen LogP contribution >= 0.6 is 22.6 Å². The van der Waals surface area contributed by atoms with Gasteiger partial charge < -0.3 is 4.74 Å². The van der Waals surface area contributed by atoms with E-state index in [4.69, 9.17) is 0 Å². The summed E-state index contributed by atoms with van der Waals surface area (Å²) in [4.78, 5) is 3.63. The van der Waals surface area contributed by atoms with E-state index >= 15 is 0 Å². The van der Waals surface area contributed by atoms with Gasteiger partial charge in [0.15, 0.2) is 11.6 Å². The van der Waals surface area contributed by atoms with Crippen molar-refractivity contribution in [2.24, 2.45) is 0 Å². The van der Waals surface area contributed by atoms with E-state index in [0.717, 1.165) is 0 Å². The smallest absolute Gasteiger partial charge is 0.228 e. The van der Waals surface area contributed by atoms with Crippen molar-refractivity contribution in [1.82, 2.24) is 4.98 Å². The largest absolute Gasteiger partial charge is 0.460 e. The van der Waals surface area contributed by atoms with E-state index in [0.29, 0.717) is 0 Å². The molecule has 0 unspecified atom stereocenters. The molecule has 60 valence electrons. The van der Waals surface area contributed by atoms with Gasteiger partial charge in [0.1, 0.15) is 3.70 Å². The highest BCUT2D eigenvalue weighted by molar-refractivity contribution is 14.1. The lowest BCUT2D eigenvalue weighted by molar-refractivity contribution is 0.183. The normalized spacial score (nSPS) is 9.73. The Hall–Kier alpha value is -0.460. The van der Waals surface area contributed by atoms with E-state index in [-0.39, 0.29) is 9.45 Å². The van der Waals surface area contributed by atoms with Crippen LogP contribution in [0.1, 0.15) is 0 Å². The molecule has 0 aromatic carbocycles. The predicted octanol–water partition coefficient (Wildman–Crippen LogP) is 2.13. The summed E-state index contributed by atoms with van der Waals surface area (Å²) in [6, 6.07) is 1.27. The van der Waals surface area contributed by atoms with Gasteiger partial charge in [-0.15, -0.1) is 0 Å². The molecule has 0 fully saturated rings. The van der Waals surface area contributed by atoms with Crippen LogP contribution in [0.15, 0.2) is 12.3 Å². The Morgan fingerprint density at radius 3 is 3.00 bits per heavy atom. The van der Waals surface area contributed by atoms with Crippen LogP contribution in [-0.2, 0) is 0 Å². The molecule has 1 aromatic heterocycles. The van der Waals surface area contributed by atoms with Gasteiger partial charge >= 0.3 is 0 Å². The van der Waals surface area contributed by atoms with E-state index in [2.05, 4.69) is 9.72 Å². The molecule has 0 saturated carbocycles. The second-order valence-corrected chi connectivity index (χ2v) is 2.69. The van der Waals surface area contributed by atoms with Crippen LogP contribution in [0.25, 0.3) is 0 Å². The number of ether oxygens (including phenoxy) is 1. The molecule has 5 heteroatoms. The summed E-state index contributed by atoms with van der Waals surface area (Å²) in [5, 5.41) is 0. The Morgan fingerprint density at radius 1 is 1.64 bits per heavy atom. The third kappa shape index (κ3) is 1.98. The average Bonchev–Trinajstić information content (AvgIpc) is 1.99. The zero-order chi connectivity index (χ0) is 8.27. The Kier molecular flexibility index (Phi) is 2.98. The minimum atomic E-state index is -1.03. The molecule has 1 heterocycles. The lowest BCUT2D eigenvalue weighted by Gasteiger charge is -2.01. The number of aromatic nitrogens is 1. The van der Waals surface area contributed by atoms with Crippen LogP contribution in [0.4, 0.5) is 8.78 Å². The number of pyridine rings is 1. The topological polar surface area (TPSA) is 22.1 Å². The van der Waals surface area contributed by atoms with Gasteiger partial charge in [-0.2, -0.15) is 4.39 Å². The number of nitrogens with zero attached hydrogens (tertiary/aromatic N) is 1. The summed E-state index contributed by atoms with van der Waals surface area (Å²) in [5.74, 6) is -0.724. The van der Waals surface area contributed by atoms with Crippen LogP contribution in [-0.4, -0.2) is 11.8 Å². The molecule has 0 aliphatic heterocycles. The fourth-order valence-corrected chi connectivity index (χ4v) is 0.999. The highest BCUT2D eigenvalue weighted by Gasteiger charge is 2.06. The summed E-state index contributed by atoms with van der Waals surface area (Å²) in [7, 11) is 0. The molecule has 0 radical (unpaired) electrons. The molecule has 11 heavy (non-hydrogen) atoms. The number of hydrogen-bond donors (Lipinski definition) is 0. The summed E-state index contributed by atoms with van der Waals surface area (Å²) in [6.45, 7) is -1.03. The molecule has 0 spiro atoms. The highest BCUT2D eigenvalue weighted by atomic mass is 127. The first-order chi connectivity index (χ1) is 5.25. The van der Waals surface area contributed by atoms with Crippen molar-refractivity contribution in [1.29, 1.82) is 0 Å². The van der Waals surface area contributed by atoms with E-state index in [1.165, 1.54) is 12.3 Å². The highest BCUT2D eigenvalue weighted by Crippen LogP contribution is 2.19. The number of halogens is 3. The van der Waals surface area contributed by atoms with Gasteiger partial charge in [0.2, 0.25) is 6.86 Å². The first kappa shape index (κ1) is 8.63. The predicted molar refractivity (Wildman–Crippen MR) is 43.5 cm³/mol. The third-order valence-corrected chi connectivity index (χ3v) is 1.77. The van der Waals surface area contributed by atoms with E-state index in [9.17, 15) is 8.78 Å². The Bertz CT molecular complexity index is 256. The van der Waals surface area contributed by atoms with Crippen LogP contribution in [0.5, 0.6) is 5.75 Å². The van der Waals surface area contributed by atoms with Crippen LogP contribution in [0, 0.1) is 9.52 Å². The molecule has 0 aliphatic carbocycles. The summed E-state index contributed by atoms with van der Waals surface area (Å²) in [6.07, 6.45) is 1.36. The molecule has 0 atom stereocenters. The minimum Gasteiger partial charge on any atom is -0.460 e. The number of hydrogen-bond acceptors (Lipinski definition) is 2. The zero-order valence-electron chi connectivity index (χ0n) is 5.35. The molecule has 0 amide bonds. The quantitative estimate of drug-likeness (QED) is 0.607. The van der Waals surface area contributed by atoms with Crippen molar-refractivity contribution in [2.75, 3.05) is 6.86 Å². The minimum absolute atomic E-state index is 0.105. The monoisotopic (exact) mass is 271 g/mol. The average molecular weight is 271 g/mol. The maximum Gasteiger partial charge on any atom is 0.228 e. The first-order valence-electron chi connectivity index (χ1n) is 2.74. The standard InChI is InChI=1S/C6H4F2INO/c7-3-11-4-1-2-10-6(9)5(4)8/h1-2H,3H2. The molecule has 0 N–H and O–H groups in total. The van der Waals surface area contributed by atoms with Crippen LogP contribution in [0.2, 0.25) is 0 Å². The van der Waals surface area contributed by atoms with Crippen molar-refractivity contribution in [2.45, 2.75) is 0 Å². The molecular weight excluding hydrogens is 267 g/mol.